The maximum absolute atomic E-state index is 11.8. The number of hydrogen-bond donors (Lipinski definition) is 2. The fourth-order valence-electron chi connectivity index (χ4n) is 2.15. The molecule has 7 heteroatoms. The quantitative estimate of drug-likeness (QED) is 0.840. The van der Waals surface area contributed by atoms with E-state index < -0.39 is 0 Å². The highest BCUT2D eigenvalue weighted by Crippen LogP contribution is 2.07. The molecule has 2 amide bonds. The van der Waals surface area contributed by atoms with Crippen LogP contribution in [0.1, 0.15) is 17.0 Å². The van der Waals surface area contributed by atoms with Gasteiger partial charge in [0, 0.05) is 33.4 Å². The van der Waals surface area contributed by atoms with Crippen LogP contribution < -0.4 is 15.5 Å². The van der Waals surface area contributed by atoms with Crippen molar-refractivity contribution in [3.63, 3.8) is 0 Å². The number of aryl methyl sites for hydroxylation is 1. The molecule has 0 spiro atoms. The predicted octanol–water partition coefficient (Wildman–Crippen LogP) is 1.23. The summed E-state index contributed by atoms with van der Waals surface area (Å²) in [6.07, 6.45) is 2.60. The normalized spacial score (nSPS) is 10.4. The standard InChI is InChI=1S/C16H24N6O/c1-12-13(10-19-22(12)4)8-9-17-16(23)18-11-14-6-5-7-15(20-14)21(2)3/h5-7,10H,8-9,11H2,1-4H3,(H2,17,18,23). The van der Waals surface area contributed by atoms with Gasteiger partial charge >= 0.3 is 6.03 Å². The Kier molecular flexibility index (Phi) is 5.56. The van der Waals surface area contributed by atoms with Gasteiger partial charge in [-0.3, -0.25) is 4.68 Å². The lowest BCUT2D eigenvalue weighted by Gasteiger charge is -2.12. The number of nitrogens with zero attached hydrogens (tertiary/aromatic N) is 4. The zero-order valence-electron chi connectivity index (χ0n) is 14.1. The van der Waals surface area contributed by atoms with Crippen molar-refractivity contribution in [2.75, 3.05) is 25.5 Å². The lowest BCUT2D eigenvalue weighted by molar-refractivity contribution is 0.240. The van der Waals surface area contributed by atoms with Crippen LogP contribution >= 0.6 is 0 Å². The van der Waals surface area contributed by atoms with Crippen LogP contribution in [-0.2, 0) is 20.0 Å². The summed E-state index contributed by atoms with van der Waals surface area (Å²) in [5.41, 5.74) is 3.10. The molecule has 0 unspecified atom stereocenters. The zero-order valence-corrected chi connectivity index (χ0v) is 14.1. The number of hydrogen-bond acceptors (Lipinski definition) is 4. The molecule has 2 rings (SSSR count). The van der Waals surface area contributed by atoms with Gasteiger partial charge in [0.15, 0.2) is 0 Å². The Hall–Kier alpha value is -2.57. The van der Waals surface area contributed by atoms with Gasteiger partial charge in [-0.25, -0.2) is 9.78 Å². The van der Waals surface area contributed by atoms with E-state index in [4.69, 9.17) is 0 Å². The second kappa shape index (κ2) is 7.62. The molecule has 7 nitrogen and oxygen atoms in total. The number of rotatable bonds is 6. The van der Waals surface area contributed by atoms with Crippen LogP contribution in [0.3, 0.4) is 0 Å². The van der Waals surface area contributed by atoms with E-state index in [-0.39, 0.29) is 6.03 Å². The van der Waals surface area contributed by atoms with Crippen LogP contribution in [0.25, 0.3) is 0 Å². The fourth-order valence-corrected chi connectivity index (χ4v) is 2.15. The van der Waals surface area contributed by atoms with Crippen LogP contribution in [-0.4, -0.2) is 41.4 Å². The minimum Gasteiger partial charge on any atom is -0.363 e. The van der Waals surface area contributed by atoms with Crippen LogP contribution in [0, 0.1) is 6.92 Å². The van der Waals surface area contributed by atoms with Crippen molar-refractivity contribution in [1.29, 1.82) is 0 Å². The molecule has 0 radical (unpaired) electrons. The first-order valence-electron chi connectivity index (χ1n) is 7.60. The Morgan fingerprint density at radius 2 is 2.09 bits per heavy atom. The van der Waals surface area contributed by atoms with Gasteiger partial charge in [0.1, 0.15) is 5.82 Å². The summed E-state index contributed by atoms with van der Waals surface area (Å²) < 4.78 is 1.83. The average Bonchev–Trinajstić information content (AvgIpc) is 2.85. The molecule has 0 aliphatic carbocycles. The van der Waals surface area contributed by atoms with Crippen molar-refractivity contribution < 1.29 is 4.79 Å². The van der Waals surface area contributed by atoms with Crippen LogP contribution in [0.15, 0.2) is 24.4 Å². The molecule has 0 aliphatic heterocycles. The average molecular weight is 316 g/mol. The third kappa shape index (κ3) is 4.70. The molecule has 2 heterocycles. The van der Waals surface area contributed by atoms with Crippen molar-refractivity contribution in [3.05, 3.63) is 41.3 Å². The SMILES string of the molecule is Cc1c(CCNC(=O)NCc2cccc(N(C)C)n2)cnn1C. The number of aromatic nitrogens is 3. The molecule has 0 bridgehead atoms. The van der Waals surface area contributed by atoms with E-state index in [1.807, 2.05) is 62.0 Å². The first-order valence-corrected chi connectivity index (χ1v) is 7.60. The summed E-state index contributed by atoms with van der Waals surface area (Å²) in [7, 11) is 5.78. The van der Waals surface area contributed by atoms with Crippen molar-refractivity contribution in [1.82, 2.24) is 25.4 Å². The molecular weight excluding hydrogens is 292 g/mol. The van der Waals surface area contributed by atoms with Gasteiger partial charge in [0.25, 0.3) is 0 Å². The Morgan fingerprint density at radius 1 is 1.30 bits per heavy atom. The number of amides is 2. The maximum atomic E-state index is 11.8. The highest BCUT2D eigenvalue weighted by atomic mass is 16.2. The molecule has 124 valence electrons. The molecule has 2 N–H and O–H groups in total. The van der Waals surface area contributed by atoms with Crippen molar-refractivity contribution in [2.45, 2.75) is 19.9 Å². The summed E-state index contributed by atoms with van der Waals surface area (Å²) >= 11 is 0. The van der Waals surface area contributed by atoms with Gasteiger partial charge in [0.2, 0.25) is 0 Å². The molecule has 0 fully saturated rings. The first kappa shape index (κ1) is 16.8. The second-order valence-electron chi connectivity index (χ2n) is 5.62. The van der Waals surface area contributed by atoms with E-state index in [2.05, 4.69) is 20.7 Å². The van der Waals surface area contributed by atoms with E-state index >= 15 is 0 Å². The minimum absolute atomic E-state index is 0.191. The second-order valence-corrected chi connectivity index (χ2v) is 5.62. The molecule has 0 saturated carbocycles. The first-order chi connectivity index (χ1) is 11.0. The molecule has 23 heavy (non-hydrogen) atoms. The van der Waals surface area contributed by atoms with Crippen LogP contribution in [0.2, 0.25) is 0 Å². The minimum atomic E-state index is -0.191. The third-order valence-corrected chi connectivity index (χ3v) is 3.70. The van der Waals surface area contributed by atoms with Gasteiger partial charge < -0.3 is 15.5 Å². The van der Waals surface area contributed by atoms with E-state index in [0.29, 0.717) is 13.1 Å². The molecule has 0 saturated heterocycles. The van der Waals surface area contributed by atoms with E-state index in [1.165, 1.54) is 0 Å². The Labute approximate surface area is 136 Å². The lowest BCUT2D eigenvalue weighted by atomic mass is 10.2. The van der Waals surface area contributed by atoms with E-state index in [1.54, 1.807) is 0 Å². The summed E-state index contributed by atoms with van der Waals surface area (Å²) in [6, 6.07) is 5.57. The van der Waals surface area contributed by atoms with Crippen molar-refractivity contribution in [3.8, 4) is 0 Å². The Balaban J connectivity index is 1.75. The monoisotopic (exact) mass is 316 g/mol. The summed E-state index contributed by atoms with van der Waals surface area (Å²) in [5.74, 6) is 0.872. The summed E-state index contributed by atoms with van der Waals surface area (Å²) in [4.78, 5) is 18.2. The maximum Gasteiger partial charge on any atom is 0.315 e. The zero-order chi connectivity index (χ0) is 16.8. The molecule has 0 aromatic carbocycles. The Bertz CT molecular complexity index is 664. The third-order valence-electron chi connectivity index (χ3n) is 3.70. The molecule has 2 aromatic heterocycles. The largest absolute Gasteiger partial charge is 0.363 e. The molecule has 0 aliphatic rings. The van der Waals surface area contributed by atoms with E-state index in [9.17, 15) is 4.79 Å². The van der Waals surface area contributed by atoms with Gasteiger partial charge in [-0.15, -0.1) is 0 Å². The number of nitrogens with one attached hydrogen (secondary N) is 2. The number of urea groups is 1. The predicted molar refractivity (Wildman–Crippen MR) is 90.5 cm³/mol. The van der Waals surface area contributed by atoms with Gasteiger partial charge in [0.05, 0.1) is 18.4 Å². The van der Waals surface area contributed by atoms with Crippen molar-refractivity contribution in [2.24, 2.45) is 7.05 Å². The van der Waals surface area contributed by atoms with Crippen molar-refractivity contribution >= 4 is 11.8 Å². The molecule has 2 aromatic rings. The van der Waals surface area contributed by atoms with Gasteiger partial charge in [-0.1, -0.05) is 6.07 Å². The number of carbonyl (C=O) groups excluding carboxylic acids is 1. The van der Waals surface area contributed by atoms with Crippen LogP contribution in [0.5, 0.6) is 0 Å². The number of carbonyl (C=O) groups is 1. The van der Waals surface area contributed by atoms with Crippen LogP contribution in [0.4, 0.5) is 10.6 Å². The number of pyridine rings is 1. The van der Waals surface area contributed by atoms with Gasteiger partial charge in [-0.05, 0) is 31.0 Å². The topological polar surface area (TPSA) is 75.1 Å². The van der Waals surface area contributed by atoms with E-state index in [0.717, 1.165) is 29.2 Å². The summed E-state index contributed by atoms with van der Waals surface area (Å²) in [6.45, 7) is 2.99. The highest BCUT2D eigenvalue weighted by Gasteiger charge is 2.06. The highest BCUT2D eigenvalue weighted by molar-refractivity contribution is 5.73. The van der Waals surface area contributed by atoms with Gasteiger partial charge in [-0.2, -0.15) is 5.10 Å². The number of anilines is 1. The smallest absolute Gasteiger partial charge is 0.315 e. The fraction of sp³-hybridized carbons (Fsp3) is 0.438. The Morgan fingerprint density at radius 3 is 2.74 bits per heavy atom. The summed E-state index contributed by atoms with van der Waals surface area (Å²) in [5, 5.41) is 9.86. The lowest BCUT2D eigenvalue weighted by Crippen LogP contribution is -2.36. The molecule has 0 atom stereocenters. The molecular formula is C16H24N6O.